The summed E-state index contributed by atoms with van der Waals surface area (Å²) in [4.78, 5) is 18.2. The lowest BCUT2D eigenvalue weighted by Gasteiger charge is -2.24. The summed E-state index contributed by atoms with van der Waals surface area (Å²) < 4.78 is 17.4. The Morgan fingerprint density at radius 1 is 1.05 bits per heavy atom. The van der Waals surface area contributed by atoms with Crippen molar-refractivity contribution in [2.75, 3.05) is 18.5 Å². The molecular formula is C27H31N9O3. The van der Waals surface area contributed by atoms with Gasteiger partial charge < -0.3 is 24.5 Å². The number of aromatic nitrogens is 8. The Kier molecular flexibility index (Phi) is 5.39. The van der Waals surface area contributed by atoms with Crippen molar-refractivity contribution in [2.24, 2.45) is 7.05 Å². The summed E-state index contributed by atoms with van der Waals surface area (Å²) in [5.41, 5.74) is 3.03. The molecule has 5 aromatic rings. The Hall–Kier alpha value is -4.03. The summed E-state index contributed by atoms with van der Waals surface area (Å²) >= 11 is 0. The predicted octanol–water partition coefficient (Wildman–Crippen LogP) is 3.85. The molecule has 0 aromatic carbocycles. The van der Waals surface area contributed by atoms with Crippen molar-refractivity contribution < 1.29 is 14.6 Å². The molecule has 12 nitrogen and oxygen atoms in total. The second-order valence-corrected chi connectivity index (χ2v) is 11.4. The minimum atomic E-state index is -0.595. The first-order valence-electron chi connectivity index (χ1n) is 13.2. The van der Waals surface area contributed by atoms with Crippen molar-refractivity contribution in [2.45, 2.75) is 57.1 Å². The molecule has 2 N–H and O–H groups in total. The summed E-state index contributed by atoms with van der Waals surface area (Å²) in [5, 5.41) is 18.6. The van der Waals surface area contributed by atoms with Gasteiger partial charge in [0.05, 0.1) is 43.5 Å². The van der Waals surface area contributed by atoms with Crippen molar-refractivity contribution >= 4 is 28.6 Å². The van der Waals surface area contributed by atoms with Gasteiger partial charge in [-0.25, -0.2) is 15.0 Å². The van der Waals surface area contributed by atoms with E-state index in [1.165, 1.54) is 0 Å². The van der Waals surface area contributed by atoms with Gasteiger partial charge in [-0.2, -0.15) is 10.1 Å². The molecule has 5 aromatic heterocycles. The van der Waals surface area contributed by atoms with Crippen LogP contribution in [0.5, 0.6) is 11.5 Å². The zero-order valence-corrected chi connectivity index (χ0v) is 22.4. The van der Waals surface area contributed by atoms with Crippen LogP contribution in [0.1, 0.15) is 57.1 Å². The number of pyridine rings is 1. The van der Waals surface area contributed by atoms with E-state index in [-0.39, 0.29) is 11.5 Å². The number of imidazole rings is 2. The highest BCUT2D eigenvalue weighted by Gasteiger charge is 2.33. The van der Waals surface area contributed by atoms with Gasteiger partial charge in [-0.3, -0.25) is 9.08 Å². The second kappa shape index (κ2) is 8.75. The number of aliphatic hydroxyl groups is 1. The van der Waals surface area contributed by atoms with Gasteiger partial charge in [0.2, 0.25) is 5.95 Å². The van der Waals surface area contributed by atoms with E-state index < -0.39 is 6.10 Å². The average molecular weight is 530 g/mol. The minimum absolute atomic E-state index is 0.177. The highest BCUT2D eigenvalue weighted by molar-refractivity contribution is 5.77. The number of hydrogen-bond acceptors (Lipinski definition) is 9. The van der Waals surface area contributed by atoms with E-state index in [0.29, 0.717) is 48.0 Å². The third-order valence-electron chi connectivity index (χ3n) is 7.36. The second-order valence-electron chi connectivity index (χ2n) is 11.4. The molecule has 2 unspecified atom stereocenters. The van der Waals surface area contributed by atoms with Crippen molar-refractivity contribution in [3.63, 3.8) is 0 Å². The quantitative estimate of drug-likeness (QED) is 0.337. The maximum absolute atomic E-state index is 10.4. The molecule has 7 rings (SSSR count). The van der Waals surface area contributed by atoms with Crippen LogP contribution in [0.3, 0.4) is 0 Å². The van der Waals surface area contributed by atoms with Crippen LogP contribution in [-0.4, -0.2) is 63.1 Å². The highest BCUT2D eigenvalue weighted by atomic mass is 16.5. The van der Waals surface area contributed by atoms with Crippen molar-refractivity contribution in [3.8, 4) is 11.5 Å². The Bertz CT molecular complexity index is 1690. The molecule has 1 saturated carbocycles. The molecule has 6 heterocycles. The molecular weight excluding hydrogens is 498 g/mol. The van der Waals surface area contributed by atoms with E-state index >= 15 is 0 Å². The zero-order valence-electron chi connectivity index (χ0n) is 22.4. The summed E-state index contributed by atoms with van der Waals surface area (Å²) in [5.74, 6) is 3.97. The van der Waals surface area contributed by atoms with Crippen LogP contribution in [0.4, 0.5) is 11.8 Å². The molecule has 39 heavy (non-hydrogen) atoms. The van der Waals surface area contributed by atoms with E-state index in [0.717, 1.165) is 35.5 Å². The lowest BCUT2D eigenvalue weighted by Crippen LogP contribution is -2.28. The van der Waals surface area contributed by atoms with E-state index in [9.17, 15) is 5.11 Å². The Morgan fingerprint density at radius 2 is 1.87 bits per heavy atom. The number of ether oxygens (including phenoxy) is 2. The van der Waals surface area contributed by atoms with Gasteiger partial charge in [0.15, 0.2) is 22.9 Å². The van der Waals surface area contributed by atoms with Crippen LogP contribution in [0, 0.1) is 0 Å². The van der Waals surface area contributed by atoms with Crippen LogP contribution >= 0.6 is 0 Å². The van der Waals surface area contributed by atoms with Crippen LogP contribution in [-0.2, 0) is 17.2 Å². The Balaban J connectivity index is 1.17. The van der Waals surface area contributed by atoms with Gasteiger partial charge in [-0.15, -0.1) is 0 Å². The Morgan fingerprint density at radius 3 is 2.62 bits per heavy atom. The smallest absolute Gasteiger partial charge is 0.210 e. The molecule has 0 bridgehead atoms. The lowest BCUT2D eigenvalue weighted by molar-refractivity contribution is 0.117. The van der Waals surface area contributed by atoms with Crippen LogP contribution in [0.25, 0.3) is 16.8 Å². The minimum Gasteiger partial charge on any atom is -0.452 e. The van der Waals surface area contributed by atoms with Crippen LogP contribution < -0.4 is 10.1 Å². The maximum Gasteiger partial charge on any atom is 0.210 e. The SMILES string of the molecule is Cn1c(Nc2cc(C(C)(C)C)n(C3COCC3O)n2)nc2ncc(Oc3cnc4cnc(C5CC5)n4c3)cc21. The molecule has 2 atom stereocenters. The van der Waals surface area contributed by atoms with E-state index in [1.807, 2.05) is 39.0 Å². The number of anilines is 2. The molecule has 2 fully saturated rings. The predicted molar refractivity (Wildman–Crippen MR) is 144 cm³/mol. The molecule has 0 spiro atoms. The number of nitrogens with zero attached hydrogens (tertiary/aromatic N) is 8. The third-order valence-corrected chi connectivity index (χ3v) is 7.36. The fourth-order valence-corrected chi connectivity index (χ4v) is 5.08. The topological polar surface area (TPSA) is 129 Å². The van der Waals surface area contributed by atoms with Gasteiger partial charge in [-0.1, -0.05) is 20.8 Å². The first-order chi connectivity index (χ1) is 18.7. The number of aryl methyl sites for hydroxylation is 1. The number of rotatable bonds is 6. The molecule has 1 aliphatic carbocycles. The molecule has 0 amide bonds. The van der Waals surface area contributed by atoms with E-state index in [1.54, 1.807) is 18.6 Å². The first kappa shape index (κ1) is 24.0. The van der Waals surface area contributed by atoms with Crippen LogP contribution in [0.15, 0.2) is 36.9 Å². The fourth-order valence-electron chi connectivity index (χ4n) is 5.08. The average Bonchev–Trinajstić information content (AvgIpc) is 3.20. The van der Waals surface area contributed by atoms with E-state index in [2.05, 4.69) is 46.0 Å². The summed E-state index contributed by atoms with van der Waals surface area (Å²) in [6.07, 6.45) is 8.82. The van der Waals surface area contributed by atoms with Crippen molar-refractivity contribution in [1.29, 1.82) is 0 Å². The van der Waals surface area contributed by atoms with Crippen molar-refractivity contribution in [3.05, 3.63) is 48.4 Å². The first-order valence-corrected chi connectivity index (χ1v) is 13.2. The molecule has 2 aliphatic rings. The Labute approximate surface area is 224 Å². The summed E-state index contributed by atoms with van der Waals surface area (Å²) in [7, 11) is 1.92. The number of fused-ring (bicyclic) bond motifs is 2. The normalized spacial score (nSPS) is 19.8. The van der Waals surface area contributed by atoms with Crippen LogP contribution in [0.2, 0.25) is 0 Å². The van der Waals surface area contributed by atoms with Gasteiger partial charge in [0.1, 0.15) is 23.7 Å². The zero-order chi connectivity index (χ0) is 26.9. The standard InChI is InChI=1S/C27H31N9O3/c1-27(2,3)21-8-22(33-36(21)19-13-38-14-20(19)37)31-26-32-24-18(34(26)4)7-16(9-29-24)39-17-10-28-23-11-30-25(15-5-6-15)35(23)12-17/h7-12,15,19-20,37H,5-6,13-14H2,1-4H3,(H,29,31,32,33). The molecule has 1 aliphatic heterocycles. The van der Waals surface area contributed by atoms with Gasteiger partial charge >= 0.3 is 0 Å². The number of aliphatic hydroxyl groups excluding tert-OH is 1. The summed E-state index contributed by atoms with van der Waals surface area (Å²) in [6, 6.07) is 3.68. The third kappa shape index (κ3) is 4.29. The number of hydrogen-bond donors (Lipinski definition) is 2. The fraction of sp³-hybridized carbons (Fsp3) is 0.444. The van der Waals surface area contributed by atoms with Crippen molar-refractivity contribution in [1.82, 2.24) is 38.7 Å². The molecule has 12 heteroatoms. The lowest BCUT2D eigenvalue weighted by atomic mass is 9.91. The van der Waals surface area contributed by atoms with Gasteiger partial charge in [-0.05, 0) is 12.8 Å². The molecule has 202 valence electrons. The molecule has 0 radical (unpaired) electrons. The highest BCUT2D eigenvalue weighted by Crippen LogP contribution is 2.39. The number of nitrogens with one attached hydrogen (secondary N) is 1. The largest absolute Gasteiger partial charge is 0.452 e. The van der Waals surface area contributed by atoms with Gasteiger partial charge in [0.25, 0.3) is 0 Å². The maximum atomic E-state index is 10.4. The van der Waals surface area contributed by atoms with Gasteiger partial charge in [0, 0.05) is 36.2 Å². The monoisotopic (exact) mass is 529 g/mol. The molecule has 1 saturated heterocycles. The van der Waals surface area contributed by atoms with E-state index in [4.69, 9.17) is 14.6 Å². The summed E-state index contributed by atoms with van der Waals surface area (Å²) in [6.45, 7) is 7.11.